The van der Waals surface area contributed by atoms with Crippen molar-refractivity contribution in [2.45, 2.75) is 121 Å². The lowest BCUT2D eigenvalue weighted by Crippen LogP contribution is -2.51. The van der Waals surface area contributed by atoms with Gasteiger partial charge in [-0.05, 0) is 103 Å². The average Bonchev–Trinajstić information content (AvgIpc) is 4.29. The number of methoxy groups -OCH3 is 2. The molecule has 402 valence electrons. The van der Waals surface area contributed by atoms with Crippen LogP contribution in [0.5, 0.6) is 0 Å². The van der Waals surface area contributed by atoms with Gasteiger partial charge in [0.2, 0.25) is 11.8 Å². The van der Waals surface area contributed by atoms with Crippen molar-refractivity contribution in [3.05, 3.63) is 119 Å². The van der Waals surface area contributed by atoms with Gasteiger partial charge in [0.25, 0.3) is 0 Å². The lowest BCUT2D eigenvalue weighted by Gasteiger charge is -2.38. The molecule has 4 aromatic carbocycles. The SMILES string of the molecule is COC(=O)N[C@H](C(=O)N1CCC[C@H]1c1nc2cc([C@H]3CC[C@H](c4ccc5[nH]c([C@@H]6CCCN6C(=O)[C@@H](NC(=O)OC)C(C)C)nc5c4)N3c3cc(F)c(N4CCC(F)(c5ccccc5)CC4)c(F)c3)ccc2[nH]1)C(C)C. The zero-order chi connectivity index (χ0) is 53.6. The van der Waals surface area contributed by atoms with Gasteiger partial charge < -0.3 is 49.7 Å². The van der Waals surface area contributed by atoms with Gasteiger partial charge in [0.15, 0.2) is 11.6 Å². The number of nitrogens with one attached hydrogen (secondary N) is 4. The molecule has 76 heavy (non-hydrogen) atoms. The maximum atomic E-state index is 16.8. The molecule has 4 aliphatic rings. The predicted octanol–water partition coefficient (Wildman–Crippen LogP) is 10.4. The number of alkyl halides is 1. The number of carbonyl (C=O) groups excluding carboxylic acids is 4. The van der Waals surface area contributed by atoms with E-state index in [0.29, 0.717) is 72.7 Å². The highest BCUT2D eigenvalue weighted by molar-refractivity contribution is 5.88. The molecule has 0 aliphatic carbocycles. The molecule has 0 spiro atoms. The smallest absolute Gasteiger partial charge is 0.407 e. The summed E-state index contributed by atoms with van der Waals surface area (Å²) >= 11 is 0. The van der Waals surface area contributed by atoms with Gasteiger partial charge in [-0.1, -0.05) is 70.2 Å². The number of imidazole rings is 2. The highest BCUT2D eigenvalue weighted by Gasteiger charge is 2.42. The maximum absolute atomic E-state index is 16.8. The number of amides is 4. The van der Waals surface area contributed by atoms with Crippen LogP contribution in [0.4, 0.5) is 34.1 Å². The maximum Gasteiger partial charge on any atom is 0.407 e. The Bertz CT molecular complexity index is 2950. The van der Waals surface area contributed by atoms with Gasteiger partial charge in [0.1, 0.15) is 35.1 Å². The minimum Gasteiger partial charge on any atom is -0.453 e. The Labute approximate surface area is 440 Å². The first-order valence-electron chi connectivity index (χ1n) is 26.6. The highest BCUT2D eigenvalue weighted by Crippen LogP contribution is 2.49. The topological polar surface area (TPSA) is 181 Å². The van der Waals surface area contributed by atoms with Gasteiger partial charge in [-0.2, -0.15) is 0 Å². The lowest BCUT2D eigenvalue weighted by atomic mass is 9.86. The predicted molar refractivity (Wildman–Crippen MR) is 282 cm³/mol. The van der Waals surface area contributed by atoms with Crippen molar-refractivity contribution >= 4 is 57.4 Å². The first kappa shape index (κ1) is 52.1. The second-order valence-corrected chi connectivity index (χ2v) is 21.5. The summed E-state index contributed by atoms with van der Waals surface area (Å²) < 4.78 is 59.5. The van der Waals surface area contributed by atoms with E-state index in [1.54, 1.807) is 39.0 Å². The molecule has 0 bridgehead atoms. The molecule has 6 atom stereocenters. The summed E-state index contributed by atoms with van der Waals surface area (Å²) in [6, 6.07) is 20.7. The van der Waals surface area contributed by atoms with E-state index < -0.39 is 41.6 Å². The highest BCUT2D eigenvalue weighted by atomic mass is 19.1. The van der Waals surface area contributed by atoms with Crippen LogP contribution in [0.3, 0.4) is 0 Å². The fourth-order valence-electron chi connectivity index (χ4n) is 12.1. The first-order chi connectivity index (χ1) is 36.5. The number of anilines is 2. The summed E-state index contributed by atoms with van der Waals surface area (Å²) in [4.78, 5) is 76.7. The fourth-order valence-corrected chi connectivity index (χ4v) is 12.1. The van der Waals surface area contributed by atoms with E-state index in [1.165, 1.54) is 26.4 Å². The number of piperidine rings is 1. The van der Waals surface area contributed by atoms with E-state index in [2.05, 4.69) is 25.5 Å². The molecule has 0 saturated carbocycles. The van der Waals surface area contributed by atoms with Crippen LogP contribution in [0.2, 0.25) is 0 Å². The minimum atomic E-state index is -1.60. The van der Waals surface area contributed by atoms with Crippen LogP contribution in [0.1, 0.15) is 132 Å². The monoisotopic (exact) mass is 1040 g/mol. The number of alkyl carbamates (subject to hydrolysis) is 2. The number of aromatic nitrogens is 4. The zero-order valence-corrected chi connectivity index (χ0v) is 43.9. The number of halogens is 3. The number of aromatic amines is 2. The van der Waals surface area contributed by atoms with E-state index in [4.69, 9.17) is 19.4 Å². The summed E-state index contributed by atoms with van der Waals surface area (Å²) in [5.74, 6) is -1.03. The van der Waals surface area contributed by atoms with Crippen LogP contribution in [-0.4, -0.2) is 106 Å². The van der Waals surface area contributed by atoms with Crippen molar-refractivity contribution in [3.63, 3.8) is 0 Å². The fraction of sp³-hybridized carbons (Fsp3) is 0.474. The van der Waals surface area contributed by atoms with Crippen LogP contribution in [-0.2, 0) is 24.7 Å². The first-order valence-corrected chi connectivity index (χ1v) is 26.6. The van der Waals surface area contributed by atoms with Crippen molar-refractivity contribution in [3.8, 4) is 0 Å². The summed E-state index contributed by atoms with van der Waals surface area (Å²) in [5, 5.41) is 5.41. The summed E-state index contributed by atoms with van der Waals surface area (Å²) in [6.45, 7) is 8.76. The van der Waals surface area contributed by atoms with Crippen LogP contribution < -0.4 is 20.4 Å². The molecule has 6 heterocycles. The molecule has 6 aromatic rings. The molecule has 0 unspecified atom stereocenters. The molecule has 16 nitrogen and oxygen atoms in total. The second-order valence-electron chi connectivity index (χ2n) is 21.5. The molecule has 19 heteroatoms. The van der Waals surface area contributed by atoms with Crippen molar-refractivity contribution in [2.24, 2.45) is 11.8 Å². The van der Waals surface area contributed by atoms with Crippen LogP contribution in [0.15, 0.2) is 78.9 Å². The molecular formula is C57H67F3N10O6. The van der Waals surface area contributed by atoms with Crippen LogP contribution in [0.25, 0.3) is 22.1 Å². The molecule has 10 rings (SSSR count). The van der Waals surface area contributed by atoms with E-state index >= 15 is 13.2 Å². The third kappa shape index (κ3) is 9.99. The number of rotatable bonds is 13. The van der Waals surface area contributed by atoms with E-state index in [1.807, 2.05) is 70.2 Å². The van der Waals surface area contributed by atoms with Crippen LogP contribution >= 0.6 is 0 Å². The Balaban J connectivity index is 0.970. The zero-order valence-electron chi connectivity index (χ0n) is 43.9. The molecule has 4 fully saturated rings. The summed E-state index contributed by atoms with van der Waals surface area (Å²) in [5.41, 5.74) is 3.76. The molecular weight excluding hydrogens is 978 g/mol. The van der Waals surface area contributed by atoms with Crippen LogP contribution in [0, 0.1) is 23.5 Å². The molecule has 4 N–H and O–H groups in total. The number of likely N-dealkylation sites (tertiary alicyclic amines) is 2. The Hall–Kier alpha value is -7.31. The van der Waals surface area contributed by atoms with Gasteiger partial charge in [0.05, 0.1) is 60.5 Å². The van der Waals surface area contributed by atoms with Gasteiger partial charge in [0, 0.05) is 44.7 Å². The number of carbonyl (C=O) groups is 4. The second kappa shape index (κ2) is 21.4. The number of hydrogen-bond donors (Lipinski definition) is 4. The van der Waals surface area contributed by atoms with E-state index in [-0.39, 0.29) is 79.4 Å². The molecule has 2 aromatic heterocycles. The van der Waals surface area contributed by atoms with Crippen molar-refractivity contribution in [2.75, 3.05) is 50.2 Å². The Morgan fingerprint density at radius 2 is 1.09 bits per heavy atom. The third-order valence-electron chi connectivity index (χ3n) is 16.2. The number of nitrogens with zero attached hydrogens (tertiary/aromatic N) is 6. The molecule has 0 radical (unpaired) electrons. The Kier molecular flexibility index (Phi) is 14.7. The van der Waals surface area contributed by atoms with Gasteiger partial charge in [-0.3, -0.25) is 9.59 Å². The number of hydrogen-bond acceptors (Lipinski definition) is 10. The largest absolute Gasteiger partial charge is 0.453 e. The average molecular weight is 1050 g/mol. The number of benzene rings is 4. The van der Waals surface area contributed by atoms with Gasteiger partial charge in [-0.25, -0.2) is 32.7 Å². The Morgan fingerprint density at radius 3 is 1.53 bits per heavy atom. The summed E-state index contributed by atoms with van der Waals surface area (Å²) in [6.07, 6.45) is 2.93. The van der Waals surface area contributed by atoms with Gasteiger partial charge >= 0.3 is 12.2 Å². The van der Waals surface area contributed by atoms with Gasteiger partial charge in [-0.15, -0.1) is 0 Å². The minimum absolute atomic E-state index is 0.0863. The van der Waals surface area contributed by atoms with E-state index in [9.17, 15) is 19.2 Å². The van der Waals surface area contributed by atoms with Crippen molar-refractivity contribution in [1.29, 1.82) is 0 Å². The third-order valence-corrected chi connectivity index (χ3v) is 16.2. The Morgan fingerprint density at radius 1 is 0.632 bits per heavy atom. The lowest BCUT2D eigenvalue weighted by molar-refractivity contribution is -0.136. The molecule has 4 saturated heterocycles. The quantitative estimate of drug-likeness (QED) is 0.0869. The normalized spacial score (nSPS) is 21.5. The molecule has 4 aliphatic heterocycles. The number of ether oxygens (including phenoxy) is 2. The number of fused-ring (bicyclic) bond motifs is 2. The summed E-state index contributed by atoms with van der Waals surface area (Å²) in [7, 11) is 2.53. The van der Waals surface area contributed by atoms with Crippen molar-refractivity contribution < 1.29 is 41.8 Å². The number of H-pyrrole nitrogens is 2. The molecule has 4 amide bonds. The van der Waals surface area contributed by atoms with Crippen molar-refractivity contribution in [1.82, 2.24) is 40.4 Å². The van der Waals surface area contributed by atoms with E-state index in [0.717, 1.165) is 35.0 Å². The standard InChI is InChI=1S/C57H67F3N10O6/c1-32(2)48(65-55(73)75-5)53(71)68-24-10-14-46(68)51-61-40-18-16-34(28-42(40)63-51)44-20-21-45(70(44)37-30-38(58)50(39(59)31-37)67-26-22-57(60,23-27-67)36-12-8-7-9-13-36)35-17-19-41-43(29-35)64-52(62-41)47-15-11-25-69(47)54(72)49(33(3)4)66-56(74)76-6/h7-9,12-13,16-19,28-33,44-49H,10-11,14-15,20-27H2,1-6H3,(H,61,63)(H,62,64)(H,65,73)(H,66,74)/t44-,45-,46+,47+,48+,49+/m1/s1.